The van der Waals surface area contributed by atoms with Gasteiger partial charge < -0.3 is 14.5 Å². The first-order valence-electron chi connectivity index (χ1n) is 11.5. The Labute approximate surface area is 208 Å². The fourth-order valence-electron chi connectivity index (χ4n) is 4.17. The molecule has 2 heterocycles. The number of fused-ring (bicyclic) bond motifs is 2. The number of ether oxygens (including phenoxy) is 1. The third kappa shape index (κ3) is 4.70. The number of rotatable bonds is 6. The van der Waals surface area contributed by atoms with Crippen LogP contribution in [0.15, 0.2) is 71.4 Å². The van der Waals surface area contributed by atoms with Gasteiger partial charge in [-0.3, -0.25) is 4.79 Å². The van der Waals surface area contributed by atoms with Crippen LogP contribution in [-0.4, -0.2) is 17.5 Å². The molecule has 5 rings (SSSR count). The normalized spacial score (nSPS) is 11.8. The molecule has 5 aromatic rings. The van der Waals surface area contributed by atoms with E-state index < -0.39 is 0 Å². The highest BCUT2D eigenvalue weighted by molar-refractivity contribution is 7.18. The van der Waals surface area contributed by atoms with Gasteiger partial charge in [-0.05, 0) is 63.1 Å². The lowest BCUT2D eigenvalue weighted by Crippen LogP contribution is -2.08. The summed E-state index contributed by atoms with van der Waals surface area (Å²) in [6, 6.07) is 18.1. The van der Waals surface area contributed by atoms with Crippen LogP contribution in [0.3, 0.4) is 0 Å². The number of nitrogens with zero attached hydrogens (tertiary/aromatic N) is 1. The van der Waals surface area contributed by atoms with Crippen LogP contribution in [0.1, 0.15) is 30.0 Å². The molecule has 0 unspecified atom stereocenters. The molecule has 35 heavy (non-hydrogen) atoms. The van der Waals surface area contributed by atoms with Gasteiger partial charge in [0.25, 0.3) is 0 Å². The molecule has 0 spiro atoms. The summed E-state index contributed by atoms with van der Waals surface area (Å²) in [6.45, 7) is 8.42. The van der Waals surface area contributed by atoms with Crippen molar-refractivity contribution in [1.82, 2.24) is 4.98 Å². The third-order valence-electron chi connectivity index (χ3n) is 5.87. The summed E-state index contributed by atoms with van der Waals surface area (Å²) < 4.78 is 12.9. The molecule has 0 saturated heterocycles. The molecule has 0 saturated carbocycles. The van der Waals surface area contributed by atoms with Gasteiger partial charge in [-0.1, -0.05) is 29.8 Å². The molecule has 0 aliphatic carbocycles. The lowest BCUT2D eigenvalue weighted by Gasteiger charge is -2.12. The molecule has 0 fully saturated rings. The van der Waals surface area contributed by atoms with Crippen LogP contribution in [0.5, 0.6) is 5.75 Å². The van der Waals surface area contributed by atoms with Crippen LogP contribution in [0, 0.1) is 13.8 Å². The predicted molar refractivity (Wildman–Crippen MR) is 144 cm³/mol. The van der Waals surface area contributed by atoms with E-state index >= 15 is 0 Å². The minimum Gasteiger partial charge on any atom is -0.493 e. The van der Waals surface area contributed by atoms with Crippen molar-refractivity contribution in [1.29, 1.82) is 0 Å². The number of thiazole rings is 1. The highest BCUT2D eigenvalue weighted by atomic mass is 32.1. The van der Waals surface area contributed by atoms with E-state index in [1.54, 1.807) is 23.7 Å². The number of hydrogen-bond acceptors (Lipinski definition) is 5. The molecule has 0 atom stereocenters. The maximum absolute atomic E-state index is 12.9. The van der Waals surface area contributed by atoms with Crippen molar-refractivity contribution < 1.29 is 13.9 Å². The number of hydrogen-bond donors (Lipinski definition) is 1. The van der Waals surface area contributed by atoms with Gasteiger partial charge in [-0.15, -0.1) is 11.3 Å². The van der Waals surface area contributed by atoms with Gasteiger partial charge in [0.2, 0.25) is 5.91 Å². The van der Waals surface area contributed by atoms with Gasteiger partial charge >= 0.3 is 0 Å². The Morgan fingerprint density at radius 2 is 1.91 bits per heavy atom. The quantitative estimate of drug-likeness (QED) is 0.251. The zero-order chi connectivity index (χ0) is 24.5. The monoisotopic (exact) mass is 482 g/mol. The lowest BCUT2D eigenvalue weighted by molar-refractivity contribution is -0.111. The number of aryl methyl sites for hydroxylation is 2. The van der Waals surface area contributed by atoms with Crippen molar-refractivity contribution in [3.63, 3.8) is 0 Å². The van der Waals surface area contributed by atoms with Crippen LogP contribution in [0.2, 0.25) is 0 Å². The van der Waals surface area contributed by atoms with E-state index in [9.17, 15) is 4.79 Å². The molecule has 0 aliphatic heterocycles. The van der Waals surface area contributed by atoms with E-state index in [2.05, 4.69) is 41.5 Å². The van der Waals surface area contributed by atoms with Crippen molar-refractivity contribution in [3.8, 4) is 16.9 Å². The number of anilines is 1. The fourth-order valence-corrected chi connectivity index (χ4v) is 4.98. The minimum atomic E-state index is -0.206. The third-order valence-corrected chi connectivity index (χ3v) is 6.82. The number of aromatic nitrogens is 1. The number of amides is 1. The average Bonchev–Trinajstić information content (AvgIpc) is 3.41. The molecule has 1 amide bonds. The summed E-state index contributed by atoms with van der Waals surface area (Å²) in [5, 5.41) is 4.94. The van der Waals surface area contributed by atoms with E-state index in [0.29, 0.717) is 18.0 Å². The van der Waals surface area contributed by atoms with Crippen LogP contribution >= 0.6 is 11.3 Å². The minimum absolute atomic E-state index is 0.206. The van der Waals surface area contributed by atoms with Crippen molar-refractivity contribution in [2.45, 2.75) is 27.7 Å². The molecule has 0 bridgehead atoms. The number of benzene rings is 3. The first-order valence-corrected chi connectivity index (χ1v) is 12.3. The van der Waals surface area contributed by atoms with E-state index in [4.69, 9.17) is 9.15 Å². The molecule has 2 aromatic heterocycles. The van der Waals surface area contributed by atoms with Gasteiger partial charge in [0.1, 0.15) is 11.3 Å². The zero-order valence-corrected chi connectivity index (χ0v) is 21.0. The first kappa shape index (κ1) is 22.9. The molecule has 0 aliphatic rings. The van der Waals surface area contributed by atoms with E-state index in [1.807, 2.05) is 51.1 Å². The number of allylic oxidation sites excluding steroid dienone is 1. The molecular formula is C29H26N2O3S. The Morgan fingerprint density at radius 1 is 1.11 bits per heavy atom. The van der Waals surface area contributed by atoms with Crippen LogP contribution in [-0.2, 0) is 4.79 Å². The van der Waals surface area contributed by atoms with E-state index in [1.165, 1.54) is 5.56 Å². The summed E-state index contributed by atoms with van der Waals surface area (Å²) in [7, 11) is 0. The van der Waals surface area contributed by atoms with Gasteiger partial charge in [0.15, 0.2) is 0 Å². The van der Waals surface area contributed by atoms with Crippen LogP contribution in [0.4, 0.5) is 5.69 Å². The van der Waals surface area contributed by atoms with E-state index in [0.717, 1.165) is 48.5 Å². The van der Waals surface area contributed by atoms with Crippen molar-refractivity contribution in [3.05, 3.63) is 83.1 Å². The van der Waals surface area contributed by atoms with Gasteiger partial charge in [-0.25, -0.2) is 4.98 Å². The second-order valence-electron chi connectivity index (χ2n) is 8.52. The number of nitrogens with one attached hydrogen (secondary N) is 1. The van der Waals surface area contributed by atoms with Gasteiger partial charge in [0, 0.05) is 34.3 Å². The lowest BCUT2D eigenvalue weighted by atomic mass is 9.98. The summed E-state index contributed by atoms with van der Waals surface area (Å²) in [5.74, 6) is 0.480. The average molecular weight is 483 g/mol. The maximum atomic E-state index is 12.9. The Morgan fingerprint density at radius 3 is 2.69 bits per heavy atom. The molecule has 0 radical (unpaired) electrons. The number of carbonyl (C=O) groups is 1. The van der Waals surface area contributed by atoms with Crippen molar-refractivity contribution in [2.75, 3.05) is 11.9 Å². The summed E-state index contributed by atoms with van der Waals surface area (Å²) >= 11 is 1.64. The van der Waals surface area contributed by atoms with Crippen LogP contribution in [0.25, 0.3) is 37.9 Å². The van der Waals surface area contributed by atoms with Gasteiger partial charge in [0.05, 0.1) is 28.1 Å². The summed E-state index contributed by atoms with van der Waals surface area (Å²) in [4.78, 5) is 17.4. The molecule has 5 nitrogen and oxygen atoms in total. The number of furan rings is 1. The molecule has 176 valence electrons. The molecule has 3 aromatic carbocycles. The van der Waals surface area contributed by atoms with E-state index in [-0.39, 0.29) is 5.91 Å². The van der Waals surface area contributed by atoms with Crippen LogP contribution < -0.4 is 10.1 Å². The second kappa shape index (κ2) is 9.39. The largest absolute Gasteiger partial charge is 0.493 e. The molecular weight excluding hydrogens is 456 g/mol. The van der Waals surface area contributed by atoms with Crippen molar-refractivity contribution >= 4 is 49.7 Å². The smallest absolute Gasteiger partial charge is 0.248 e. The zero-order valence-electron chi connectivity index (χ0n) is 20.1. The molecule has 6 heteroatoms. The topological polar surface area (TPSA) is 64.4 Å². The SMILES string of the molecule is CCOc1cc2occ(-c3ccc(C)cc3)c2cc1/C(C)=C/C(=O)Nc1ccc2sc(C)nc2c1. The second-order valence-corrected chi connectivity index (χ2v) is 9.76. The Balaban J connectivity index is 1.49. The predicted octanol–water partition coefficient (Wildman–Crippen LogP) is 7.77. The maximum Gasteiger partial charge on any atom is 0.248 e. The van der Waals surface area contributed by atoms with Crippen molar-refractivity contribution in [2.24, 2.45) is 0 Å². The summed E-state index contributed by atoms with van der Waals surface area (Å²) in [5.41, 5.74) is 7.30. The Kier molecular flexibility index (Phi) is 6.14. The fraction of sp³-hybridized carbons (Fsp3) is 0.172. The number of carbonyl (C=O) groups excluding carboxylic acids is 1. The summed E-state index contributed by atoms with van der Waals surface area (Å²) in [6.07, 6.45) is 3.38. The molecule has 1 N–H and O–H groups in total. The highest BCUT2D eigenvalue weighted by Gasteiger charge is 2.15. The Bertz CT molecular complexity index is 1580. The first-order chi connectivity index (χ1) is 16.9. The van der Waals surface area contributed by atoms with Gasteiger partial charge in [-0.2, -0.15) is 0 Å². The Hall–Kier alpha value is -3.90. The standard InChI is InChI=1S/C29H26N2O3S/c1-5-33-26-15-27-23(24(16-34-27)20-8-6-17(2)7-9-20)14-22(26)18(3)12-29(32)31-21-10-11-28-25(13-21)30-19(4)35-28/h6-16H,5H2,1-4H3,(H,31,32)/b18-12+. The highest BCUT2D eigenvalue weighted by Crippen LogP contribution is 2.37.